The summed E-state index contributed by atoms with van der Waals surface area (Å²) in [5.41, 5.74) is 0. The van der Waals surface area contributed by atoms with Gasteiger partial charge < -0.3 is 29.7 Å². The highest BCUT2D eigenvalue weighted by Gasteiger charge is 2.27. The van der Waals surface area contributed by atoms with Crippen LogP contribution in [-0.4, -0.2) is 76.9 Å². The smallest absolute Gasteiger partial charge is 0.462 e. The van der Waals surface area contributed by atoms with Gasteiger partial charge in [0.05, 0.1) is 25.9 Å². The molecule has 0 radical (unpaired) electrons. The molecule has 0 rings (SSSR count). The summed E-state index contributed by atoms with van der Waals surface area (Å²) in [6.45, 7) is 1.96. The number of rotatable bonds is 38. The Morgan fingerprint density at radius 1 is 0.583 bits per heavy atom. The van der Waals surface area contributed by atoms with Crippen molar-refractivity contribution in [2.24, 2.45) is 0 Å². The first-order valence-corrected chi connectivity index (χ1v) is 23.1. The molecule has 60 heavy (non-hydrogen) atoms. The first kappa shape index (κ1) is 56.3. The molecule has 4 N–H and O–H groups in total. The molecule has 0 saturated heterocycles. The van der Waals surface area contributed by atoms with Gasteiger partial charge in [0.1, 0.15) is 12.7 Å². The van der Waals surface area contributed by atoms with Gasteiger partial charge in [-0.05, 0) is 83.5 Å². The highest BCUT2D eigenvalue weighted by Crippen LogP contribution is 2.43. The van der Waals surface area contributed by atoms with Crippen molar-refractivity contribution in [2.75, 3.05) is 26.4 Å². The van der Waals surface area contributed by atoms with Gasteiger partial charge in [-0.25, -0.2) is 4.57 Å². The third kappa shape index (κ3) is 41.1. The maximum Gasteiger partial charge on any atom is 0.472 e. The lowest BCUT2D eigenvalue weighted by Crippen LogP contribution is -2.29. The van der Waals surface area contributed by atoms with Gasteiger partial charge in [-0.2, -0.15) is 0 Å². The van der Waals surface area contributed by atoms with Crippen molar-refractivity contribution in [3.63, 3.8) is 0 Å². The van der Waals surface area contributed by atoms with E-state index >= 15 is 0 Å². The number of aliphatic hydroxyl groups excluding tert-OH is 3. The molecule has 4 atom stereocenters. The monoisotopic (exact) mass is 859 g/mol. The molecule has 0 fully saturated rings. The highest BCUT2D eigenvalue weighted by atomic mass is 31.2. The van der Waals surface area contributed by atoms with Crippen molar-refractivity contribution >= 4 is 19.8 Å². The summed E-state index contributed by atoms with van der Waals surface area (Å²) in [4.78, 5) is 34.9. The van der Waals surface area contributed by atoms with E-state index < -0.39 is 64.5 Å². The van der Waals surface area contributed by atoms with E-state index in [-0.39, 0.29) is 12.8 Å². The second kappa shape index (κ2) is 42.0. The molecule has 0 spiro atoms. The Morgan fingerprint density at radius 2 is 1.12 bits per heavy atom. The Balaban J connectivity index is 4.60. The van der Waals surface area contributed by atoms with Gasteiger partial charge in [0.15, 0.2) is 6.10 Å². The molecule has 11 nitrogen and oxygen atoms in total. The zero-order valence-corrected chi connectivity index (χ0v) is 37.1. The van der Waals surface area contributed by atoms with E-state index in [0.29, 0.717) is 32.1 Å². The van der Waals surface area contributed by atoms with E-state index in [0.717, 1.165) is 44.9 Å². The molecular weight excluding hydrogens is 783 g/mol. The van der Waals surface area contributed by atoms with Crippen LogP contribution in [0.1, 0.15) is 123 Å². The number of phosphoric acid groups is 1. The van der Waals surface area contributed by atoms with E-state index in [1.54, 1.807) is 6.08 Å². The number of phosphoric ester groups is 1. The topological polar surface area (TPSA) is 169 Å². The maximum atomic E-state index is 12.6. The summed E-state index contributed by atoms with van der Waals surface area (Å²) in [6, 6.07) is 0. The second-order valence-corrected chi connectivity index (χ2v) is 15.3. The maximum absolute atomic E-state index is 12.6. The standard InChI is InChI=1S/C48H75O11P/c1-3-5-7-9-11-12-13-14-15-16-17-18-19-20-21-22-26-30-34-38-47(52)56-42-46(43-58-60(54,55)57-41-45(51)40-49)59-48(53)39-35-31-27-23-25-29-33-37-44(50)36-32-28-24-10-8-6-4-2/h5,7,11-12,14-15,17-18,20-21,23-24,26-30,32-33,36,44-46,49-51H,3-4,6,8-10,13,16,19,22,25,31,34-35,37-43H2,1-2H3,(H,54,55)/b7-5-,12-11-,15-14-,18-17-,21-20-,27-23+,28-24-,30-26-,33-29-,36-32-/t44-,45-,46+/m0/s1. The van der Waals surface area contributed by atoms with Gasteiger partial charge in [0, 0.05) is 12.8 Å². The minimum Gasteiger partial charge on any atom is -0.462 e. The number of hydrogen-bond acceptors (Lipinski definition) is 10. The van der Waals surface area contributed by atoms with E-state index in [9.17, 15) is 29.3 Å². The summed E-state index contributed by atoms with van der Waals surface area (Å²) in [6.07, 6.45) is 50.6. The Hall–Kier alpha value is -3.67. The molecule has 0 aliphatic carbocycles. The van der Waals surface area contributed by atoms with Gasteiger partial charge in [-0.3, -0.25) is 18.6 Å². The Morgan fingerprint density at radius 3 is 1.70 bits per heavy atom. The van der Waals surface area contributed by atoms with Crippen molar-refractivity contribution in [1.29, 1.82) is 0 Å². The minimum atomic E-state index is -4.68. The summed E-state index contributed by atoms with van der Waals surface area (Å²) in [5, 5.41) is 28.4. The van der Waals surface area contributed by atoms with E-state index in [1.807, 2.05) is 48.6 Å². The number of ether oxygens (including phenoxy) is 2. The minimum absolute atomic E-state index is 0.0505. The predicted molar refractivity (Wildman–Crippen MR) is 243 cm³/mol. The van der Waals surface area contributed by atoms with Crippen molar-refractivity contribution in [3.8, 4) is 0 Å². The molecule has 0 bridgehead atoms. The third-order valence-electron chi connectivity index (χ3n) is 8.19. The zero-order chi connectivity index (χ0) is 44.2. The number of unbranched alkanes of at least 4 members (excludes halogenated alkanes) is 4. The second-order valence-electron chi connectivity index (χ2n) is 13.8. The van der Waals surface area contributed by atoms with Crippen LogP contribution in [0.3, 0.4) is 0 Å². The quantitative estimate of drug-likeness (QED) is 0.0153. The Bertz CT molecular complexity index is 1420. The van der Waals surface area contributed by atoms with Crippen molar-refractivity contribution < 1.29 is 52.9 Å². The lowest BCUT2D eigenvalue weighted by Gasteiger charge is -2.20. The van der Waals surface area contributed by atoms with Crippen LogP contribution in [0.4, 0.5) is 0 Å². The van der Waals surface area contributed by atoms with Crippen LogP contribution in [0.5, 0.6) is 0 Å². The Labute approximate surface area is 360 Å². The first-order chi connectivity index (χ1) is 29.1. The molecule has 12 heteroatoms. The fourth-order valence-corrected chi connectivity index (χ4v) is 5.64. The molecule has 0 aromatic rings. The van der Waals surface area contributed by atoms with Crippen molar-refractivity contribution in [2.45, 2.75) is 141 Å². The van der Waals surface area contributed by atoms with Gasteiger partial charge in [-0.1, -0.05) is 148 Å². The number of aliphatic hydroxyl groups is 3. The lowest BCUT2D eigenvalue weighted by atomic mass is 10.2. The molecule has 0 heterocycles. The molecule has 0 aromatic heterocycles. The third-order valence-corrected chi connectivity index (χ3v) is 9.14. The molecule has 0 saturated carbocycles. The first-order valence-electron chi connectivity index (χ1n) is 21.6. The largest absolute Gasteiger partial charge is 0.472 e. The van der Waals surface area contributed by atoms with Crippen LogP contribution in [0.2, 0.25) is 0 Å². The average molecular weight is 859 g/mol. The molecule has 0 aliphatic rings. The number of esters is 2. The van der Waals surface area contributed by atoms with E-state index in [4.69, 9.17) is 19.1 Å². The zero-order valence-electron chi connectivity index (χ0n) is 36.2. The van der Waals surface area contributed by atoms with Crippen LogP contribution in [-0.2, 0) is 32.7 Å². The van der Waals surface area contributed by atoms with Gasteiger partial charge in [-0.15, -0.1) is 0 Å². The summed E-state index contributed by atoms with van der Waals surface area (Å²) in [7, 11) is -4.68. The lowest BCUT2D eigenvalue weighted by molar-refractivity contribution is -0.161. The van der Waals surface area contributed by atoms with Crippen LogP contribution in [0, 0.1) is 0 Å². The van der Waals surface area contributed by atoms with Crippen LogP contribution >= 0.6 is 7.82 Å². The number of carbonyl (C=O) groups excluding carboxylic acids is 2. The van der Waals surface area contributed by atoms with Gasteiger partial charge in [0.25, 0.3) is 0 Å². The number of hydrogen-bond donors (Lipinski definition) is 4. The molecule has 338 valence electrons. The normalized spacial score (nSPS) is 15.5. The van der Waals surface area contributed by atoms with Crippen LogP contribution in [0.15, 0.2) is 122 Å². The van der Waals surface area contributed by atoms with E-state index in [2.05, 4.69) is 85.2 Å². The molecule has 0 aliphatic heterocycles. The summed E-state index contributed by atoms with van der Waals surface area (Å²) in [5.74, 6) is -1.14. The molecule has 0 aromatic carbocycles. The SMILES string of the molecule is CC/C=C\C/C=C\C/C=C\C/C=C\C/C=C\C/C=C\CCC(=O)OC[C@H](COP(=O)(O)OC[C@@H](O)CO)OC(=O)CCC/C=C/C/C=C\C[C@@H](O)/C=C\C=C/CCCCC. The van der Waals surface area contributed by atoms with Crippen molar-refractivity contribution in [3.05, 3.63) is 122 Å². The van der Waals surface area contributed by atoms with Crippen LogP contribution in [0.25, 0.3) is 0 Å². The number of allylic oxidation sites excluding steroid dienone is 18. The highest BCUT2D eigenvalue weighted by molar-refractivity contribution is 7.47. The van der Waals surface area contributed by atoms with Gasteiger partial charge >= 0.3 is 19.8 Å². The number of carbonyl (C=O) groups is 2. The summed E-state index contributed by atoms with van der Waals surface area (Å²) < 4.78 is 32.5. The van der Waals surface area contributed by atoms with Crippen molar-refractivity contribution in [1.82, 2.24) is 0 Å². The van der Waals surface area contributed by atoms with Gasteiger partial charge in [0.2, 0.25) is 0 Å². The molecule has 1 unspecified atom stereocenters. The fourth-order valence-electron chi connectivity index (χ4n) is 4.85. The molecular formula is C48H75O11P. The van der Waals surface area contributed by atoms with Crippen LogP contribution < -0.4 is 0 Å². The average Bonchev–Trinajstić information content (AvgIpc) is 3.23. The summed E-state index contributed by atoms with van der Waals surface area (Å²) >= 11 is 0. The fraction of sp³-hybridized carbons (Fsp3) is 0.542. The molecule has 0 amide bonds. The Kier molecular flexibility index (Phi) is 39.5. The van der Waals surface area contributed by atoms with E-state index in [1.165, 1.54) is 19.3 Å². The predicted octanol–water partition coefficient (Wildman–Crippen LogP) is 10.5.